The summed E-state index contributed by atoms with van der Waals surface area (Å²) in [4.78, 5) is 13.7. The molecule has 2 aromatic rings. The molecule has 25 heavy (non-hydrogen) atoms. The zero-order valence-corrected chi connectivity index (χ0v) is 15.5. The Morgan fingerprint density at radius 1 is 0.960 bits per heavy atom. The minimum Gasteiger partial charge on any atom is -0.497 e. The van der Waals surface area contributed by atoms with Crippen LogP contribution in [-0.4, -0.2) is 48.8 Å². The second kappa shape index (κ2) is 7.17. The van der Waals surface area contributed by atoms with E-state index in [1.165, 1.54) is 5.69 Å². The molecule has 1 aromatic carbocycles. The number of hydrogen-bond acceptors (Lipinski definition) is 6. The molecule has 1 N–H and O–H groups in total. The van der Waals surface area contributed by atoms with Gasteiger partial charge < -0.3 is 19.9 Å². The minimum absolute atomic E-state index is 0.0499. The molecule has 0 unspecified atom stereocenters. The molecule has 1 aliphatic heterocycles. The fourth-order valence-corrected chi connectivity index (χ4v) is 2.91. The van der Waals surface area contributed by atoms with Crippen LogP contribution in [0, 0.1) is 0 Å². The number of nitrogens with zero attached hydrogens (tertiary/aromatic N) is 4. The SMILES string of the molecule is COc1ccc(N2CCN(c3ccnc(NC(C)(C)C)n3)CC2)cc1. The summed E-state index contributed by atoms with van der Waals surface area (Å²) < 4.78 is 5.23. The largest absolute Gasteiger partial charge is 0.497 e. The highest BCUT2D eigenvalue weighted by Gasteiger charge is 2.19. The van der Waals surface area contributed by atoms with E-state index in [2.05, 4.69) is 58.0 Å². The van der Waals surface area contributed by atoms with Crippen molar-refractivity contribution in [2.24, 2.45) is 0 Å². The number of piperazine rings is 1. The monoisotopic (exact) mass is 341 g/mol. The molecule has 6 nitrogen and oxygen atoms in total. The Hall–Kier alpha value is -2.50. The number of methoxy groups -OCH3 is 1. The third kappa shape index (κ3) is 4.53. The van der Waals surface area contributed by atoms with Crippen LogP contribution < -0.4 is 19.9 Å². The smallest absolute Gasteiger partial charge is 0.225 e. The van der Waals surface area contributed by atoms with Gasteiger partial charge in [0.05, 0.1) is 7.11 Å². The predicted molar refractivity (Wildman–Crippen MR) is 103 cm³/mol. The average molecular weight is 341 g/mol. The normalized spacial score (nSPS) is 15.2. The molecule has 0 bridgehead atoms. The van der Waals surface area contributed by atoms with E-state index in [1.807, 2.05) is 24.4 Å². The van der Waals surface area contributed by atoms with Crippen LogP contribution in [0.2, 0.25) is 0 Å². The first kappa shape index (κ1) is 17.3. The van der Waals surface area contributed by atoms with Crippen molar-refractivity contribution >= 4 is 17.5 Å². The molecule has 1 fully saturated rings. The van der Waals surface area contributed by atoms with Crippen LogP contribution in [0.15, 0.2) is 36.5 Å². The van der Waals surface area contributed by atoms with E-state index in [9.17, 15) is 0 Å². The topological polar surface area (TPSA) is 53.5 Å². The summed E-state index contributed by atoms with van der Waals surface area (Å²) in [7, 11) is 1.69. The van der Waals surface area contributed by atoms with E-state index < -0.39 is 0 Å². The Labute approximate surface area is 149 Å². The number of hydrogen-bond donors (Lipinski definition) is 1. The van der Waals surface area contributed by atoms with Gasteiger partial charge in [0, 0.05) is 43.6 Å². The van der Waals surface area contributed by atoms with E-state index in [0.29, 0.717) is 5.95 Å². The fourth-order valence-electron chi connectivity index (χ4n) is 2.91. The van der Waals surface area contributed by atoms with E-state index in [1.54, 1.807) is 7.11 Å². The zero-order chi connectivity index (χ0) is 17.9. The number of rotatable bonds is 4. The highest BCUT2D eigenvalue weighted by atomic mass is 16.5. The molecule has 134 valence electrons. The van der Waals surface area contributed by atoms with Gasteiger partial charge in [0.1, 0.15) is 11.6 Å². The van der Waals surface area contributed by atoms with Crippen molar-refractivity contribution in [3.63, 3.8) is 0 Å². The van der Waals surface area contributed by atoms with Crippen molar-refractivity contribution in [1.82, 2.24) is 9.97 Å². The minimum atomic E-state index is -0.0499. The van der Waals surface area contributed by atoms with Crippen molar-refractivity contribution < 1.29 is 4.74 Å². The van der Waals surface area contributed by atoms with Gasteiger partial charge in [0.25, 0.3) is 0 Å². The Morgan fingerprint density at radius 2 is 1.60 bits per heavy atom. The number of aromatic nitrogens is 2. The molecule has 0 radical (unpaired) electrons. The van der Waals surface area contributed by atoms with E-state index in [0.717, 1.165) is 37.7 Å². The fraction of sp³-hybridized carbons (Fsp3) is 0.474. The van der Waals surface area contributed by atoms with Crippen molar-refractivity contribution in [3.05, 3.63) is 36.5 Å². The van der Waals surface area contributed by atoms with Crippen LogP contribution >= 0.6 is 0 Å². The van der Waals surface area contributed by atoms with Crippen LogP contribution in [0.5, 0.6) is 5.75 Å². The van der Waals surface area contributed by atoms with Gasteiger partial charge in [-0.3, -0.25) is 0 Å². The average Bonchev–Trinajstić information content (AvgIpc) is 2.61. The Kier molecular flexibility index (Phi) is 4.97. The molecule has 2 heterocycles. The predicted octanol–water partition coefficient (Wildman–Crippen LogP) is 3.02. The first-order valence-electron chi connectivity index (χ1n) is 8.70. The molecule has 3 rings (SSSR count). The molecule has 0 atom stereocenters. The van der Waals surface area contributed by atoms with Crippen molar-refractivity contribution in [2.45, 2.75) is 26.3 Å². The summed E-state index contributed by atoms with van der Waals surface area (Å²) in [5.74, 6) is 2.56. The van der Waals surface area contributed by atoms with E-state index in [-0.39, 0.29) is 5.54 Å². The molecule has 1 aliphatic rings. The maximum Gasteiger partial charge on any atom is 0.225 e. The van der Waals surface area contributed by atoms with Crippen molar-refractivity contribution in [3.8, 4) is 5.75 Å². The second-order valence-electron chi connectivity index (χ2n) is 7.29. The molecule has 0 spiro atoms. The molecule has 0 amide bonds. The van der Waals surface area contributed by atoms with Gasteiger partial charge in [-0.15, -0.1) is 0 Å². The summed E-state index contributed by atoms with van der Waals surface area (Å²) >= 11 is 0. The van der Waals surface area contributed by atoms with E-state index in [4.69, 9.17) is 4.74 Å². The third-order valence-corrected chi connectivity index (χ3v) is 4.17. The molecular weight excluding hydrogens is 314 g/mol. The van der Waals surface area contributed by atoms with Crippen LogP contribution in [0.1, 0.15) is 20.8 Å². The number of benzene rings is 1. The summed E-state index contributed by atoms with van der Waals surface area (Å²) in [5, 5.41) is 3.33. The number of anilines is 3. The van der Waals surface area contributed by atoms with Gasteiger partial charge in [-0.2, -0.15) is 4.98 Å². The van der Waals surface area contributed by atoms with Gasteiger partial charge in [0.2, 0.25) is 5.95 Å². The maximum atomic E-state index is 5.23. The quantitative estimate of drug-likeness (QED) is 0.922. The van der Waals surface area contributed by atoms with Gasteiger partial charge in [-0.05, 0) is 51.1 Å². The maximum absolute atomic E-state index is 5.23. The van der Waals surface area contributed by atoms with Crippen LogP contribution in [0.4, 0.5) is 17.5 Å². The van der Waals surface area contributed by atoms with Gasteiger partial charge in [-0.25, -0.2) is 4.98 Å². The van der Waals surface area contributed by atoms with Crippen LogP contribution in [0.25, 0.3) is 0 Å². The van der Waals surface area contributed by atoms with E-state index >= 15 is 0 Å². The molecule has 0 saturated carbocycles. The van der Waals surface area contributed by atoms with Crippen molar-refractivity contribution in [2.75, 3.05) is 48.4 Å². The molecular formula is C19H27N5O. The van der Waals surface area contributed by atoms with Crippen LogP contribution in [0.3, 0.4) is 0 Å². The highest BCUT2D eigenvalue weighted by molar-refractivity contribution is 5.52. The standard InChI is InChI=1S/C19H27N5O/c1-19(2,3)22-18-20-10-9-17(21-18)24-13-11-23(12-14-24)15-5-7-16(25-4)8-6-15/h5-10H,11-14H2,1-4H3,(H,20,21,22). The summed E-state index contributed by atoms with van der Waals surface area (Å²) in [5.41, 5.74) is 1.18. The number of nitrogens with one attached hydrogen (secondary N) is 1. The lowest BCUT2D eigenvalue weighted by Crippen LogP contribution is -2.46. The first-order chi connectivity index (χ1) is 11.9. The molecule has 6 heteroatoms. The summed E-state index contributed by atoms with van der Waals surface area (Å²) in [6.07, 6.45) is 1.83. The number of ether oxygens (including phenoxy) is 1. The van der Waals surface area contributed by atoms with Gasteiger partial charge in [-0.1, -0.05) is 0 Å². The lowest BCUT2D eigenvalue weighted by Gasteiger charge is -2.36. The molecule has 1 saturated heterocycles. The lowest BCUT2D eigenvalue weighted by atomic mass is 10.1. The lowest BCUT2D eigenvalue weighted by molar-refractivity contribution is 0.415. The molecule has 1 aromatic heterocycles. The zero-order valence-electron chi connectivity index (χ0n) is 15.5. The highest BCUT2D eigenvalue weighted by Crippen LogP contribution is 2.22. The third-order valence-electron chi connectivity index (χ3n) is 4.17. The van der Waals surface area contributed by atoms with Gasteiger partial charge in [0.15, 0.2) is 0 Å². The van der Waals surface area contributed by atoms with Crippen molar-refractivity contribution in [1.29, 1.82) is 0 Å². The Balaban J connectivity index is 1.63. The van der Waals surface area contributed by atoms with Crippen LogP contribution in [-0.2, 0) is 0 Å². The second-order valence-corrected chi connectivity index (χ2v) is 7.29. The van der Waals surface area contributed by atoms with Gasteiger partial charge >= 0.3 is 0 Å². The molecule has 0 aliphatic carbocycles. The summed E-state index contributed by atoms with van der Waals surface area (Å²) in [6.45, 7) is 10.1. The first-order valence-corrected chi connectivity index (χ1v) is 8.70. The Morgan fingerprint density at radius 3 is 2.20 bits per heavy atom. The summed E-state index contributed by atoms with van der Waals surface area (Å²) in [6, 6.07) is 10.2. The Bertz CT molecular complexity index is 688.